The molecule has 3 N–H and O–H groups in total. The van der Waals surface area contributed by atoms with E-state index in [4.69, 9.17) is 0 Å². The summed E-state index contributed by atoms with van der Waals surface area (Å²) >= 11 is 0. The zero-order chi connectivity index (χ0) is 20.7. The number of benzene rings is 1. The molecule has 0 aliphatic carbocycles. The van der Waals surface area contributed by atoms with Crippen LogP contribution in [0.15, 0.2) is 66.0 Å². The second-order valence-electron chi connectivity index (χ2n) is 6.26. The van der Waals surface area contributed by atoms with Crippen molar-refractivity contribution in [2.75, 3.05) is 13.1 Å². The van der Waals surface area contributed by atoms with E-state index in [2.05, 4.69) is 25.4 Å². The standard InChI is InChI=1S/C19H22N6O3S/c1-15-5-7-17(8-6-15)29(27,28)24-12-11-21-19(26)22-14-16-4-2-9-20-18(16)25-13-3-10-23-25/h2-10,13,24H,11-12,14H2,1H3,(H2,21,22,26). The van der Waals surface area contributed by atoms with Crippen molar-refractivity contribution in [1.29, 1.82) is 0 Å². The summed E-state index contributed by atoms with van der Waals surface area (Å²) in [7, 11) is -3.60. The lowest BCUT2D eigenvalue weighted by atomic mass is 10.2. The second-order valence-corrected chi connectivity index (χ2v) is 8.02. The number of aromatic nitrogens is 3. The third-order valence-corrected chi connectivity index (χ3v) is 5.54. The fourth-order valence-electron chi connectivity index (χ4n) is 2.57. The third kappa shape index (κ3) is 5.62. The molecule has 2 aromatic heterocycles. The summed E-state index contributed by atoms with van der Waals surface area (Å²) in [5.41, 5.74) is 1.78. The Morgan fingerprint density at radius 2 is 1.83 bits per heavy atom. The minimum absolute atomic E-state index is 0.0784. The van der Waals surface area contributed by atoms with Crippen molar-refractivity contribution in [1.82, 2.24) is 30.1 Å². The first kappa shape index (κ1) is 20.5. The molecule has 2 amide bonds. The number of pyridine rings is 1. The summed E-state index contributed by atoms with van der Waals surface area (Å²) in [6, 6.07) is 11.6. The molecule has 0 saturated heterocycles. The quantitative estimate of drug-likeness (QED) is 0.481. The molecular formula is C19H22N6O3S. The number of nitrogens with zero attached hydrogens (tertiary/aromatic N) is 3. The molecule has 0 fully saturated rings. The van der Waals surface area contributed by atoms with E-state index >= 15 is 0 Å². The van der Waals surface area contributed by atoms with Crippen LogP contribution in [0, 0.1) is 6.92 Å². The van der Waals surface area contributed by atoms with Gasteiger partial charge in [0.25, 0.3) is 0 Å². The maximum atomic E-state index is 12.2. The van der Waals surface area contributed by atoms with Gasteiger partial charge < -0.3 is 10.6 Å². The average Bonchev–Trinajstić information content (AvgIpc) is 3.25. The Balaban J connectivity index is 1.45. The molecule has 0 radical (unpaired) electrons. The van der Waals surface area contributed by atoms with Crippen LogP contribution in [0.3, 0.4) is 0 Å². The normalized spacial score (nSPS) is 11.2. The van der Waals surface area contributed by atoms with Gasteiger partial charge in [0.1, 0.15) is 0 Å². The van der Waals surface area contributed by atoms with Gasteiger partial charge in [0.2, 0.25) is 10.0 Å². The van der Waals surface area contributed by atoms with E-state index < -0.39 is 16.1 Å². The Hall–Kier alpha value is -3.24. The van der Waals surface area contributed by atoms with E-state index in [1.807, 2.05) is 13.0 Å². The molecule has 152 valence electrons. The van der Waals surface area contributed by atoms with Crippen molar-refractivity contribution in [3.8, 4) is 5.82 Å². The fraction of sp³-hybridized carbons (Fsp3) is 0.211. The predicted molar refractivity (Wildman–Crippen MR) is 108 cm³/mol. The Labute approximate surface area is 169 Å². The summed E-state index contributed by atoms with van der Waals surface area (Å²) < 4.78 is 28.5. The van der Waals surface area contributed by atoms with Crippen molar-refractivity contribution < 1.29 is 13.2 Å². The Bertz CT molecular complexity index is 1050. The van der Waals surface area contributed by atoms with Crippen molar-refractivity contribution >= 4 is 16.1 Å². The molecule has 2 heterocycles. The SMILES string of the molecule is Cc1ccc(S(=O)(=O)NCCNC(=O)NCc2cccnc2-n2cccn2)cc1. The number of rotatable bonds is 8. The van der Waals surface area contributed by atoms with Gasteiger partial charge in [-0.2, -0.15) is 5.10 Å². The molecule has 10 heteroatoms. The lowest BCUT2D eigenvalue weighted by Crippen LogP contribution is -2.40. The smallest absolute Gasteiger partial charge is 0.315 e. The van der Waals surface area contributed by atoms with Crippen LogP contribution >= 0.6 is 0 Å². The average molecular weight is 414 g/mol. The highest BCUT2D eigenvalue weighted by molar-refractivity contribution is 7.89. The lowest BCUT2D eigenvalue weighted by molar-refractivity contribution is 0.240. The molecule has 0 spiro atoms. The first-order chi connectivity index (χ1) is 14.0. The number of aryl methyl sites for hydroxylation is 1. The molecule has 3 rings (SSSR count). The predicted octanol–water partition coefficient (Wildman–Crippen LogP) is 1.35. The van der Waals surface area contributed by atoms with Crippen LogP contribution in [-0.4, -0.2) is 42.3 Å². The maximum Gasteiger partial charge on any atom is 0.315 e. The van der Waals surface area contributed by atoms with Crippen molar-refractivity contribution in [3.05, 3.63) is 72.2 Å². The Kier molecular flexibility index (Phi) is 6.57. The van der Waals surface area contributed by atoms with Crippen LogP contribution in [0.5, 0.6) is 0 Å². The van der Waals surface area contributed by atoms with Crippen LogP contribution in [0.1, 0.15) is 11.1 Å². The number of amides is 2. The maximum absolute atomic E-state index is 12.2. The van der Waals surface area contributed by atoms with Gasteiger partial charge in [-0.1, -0.05) is 23.8 Å². The summed E-state index contributed by atoms with van der Waals surface area (Å²) in [5, 5.41) is 9.50. The van der Waals surface area contributed by atoms with Crippen LogP contribution in [0.25, 0.3) is 5.82 Å². The van der Waals surface area contributed by atoms with E-state index in [9.17, 15) is 13.2 Å². The Morgan fingerprint density at radius 3 is 2.55 bits per heavy atom. The van der Waals surface area contributed by atoms with Gasteiger partial charge in [-0.15, -0.1) is 0 Å². The lowest BCUT2D eigenvalue weighted by Gasteiger charge is -2.11. The van der Waals surface area contributed by atoms with Crippen LogP contribution in [0.2, 0.25) is 0 Å². The largest absolute Gasteiger partial charge is 0.337 e. The van der Waals surface area contributed by atoms with Crippen LogP contribution in [0.4, 0.5) is 4.79 Å². The summed E-state index contributed by atoms with van der Waals surface area (Å²) in [4.78, 5) is 16.5. The highest BCUT2D eigenvalue weighted by atomic mass is 32.2. The fourth-order valence-corrected chi connectivity index (χ4v) is 3.60. The van der Waals surface area contributed by atoms with E-state index in [1.54, 1.807) is 59.7 Å². The molecule has 3 aromatic rings. The van der Waals surface area contributed by atoms with Gasteiger partial charge in [0, 0.05) is 43.8 Å². The number of nitrogens with one attached hydrogen (secondary N) is 3. The summed E-state index contributed by atoms with van der Waals surface area (Å²) in [6.07, 6.45) is 5.07. The number of sulfonamides is 1. The second kappa shape index (κ2) is 9.30. The molecule has 0 unspecified atom stereocenters. The number of hydrogen-bond donors (Lipinski definition) is 3. The monoisotopic (exact) mass is 414 g/mol. The highest BCUT2D eigenvalue weighted by Gasteiger charge is 2.13. The minimum atomic E-state index is -3.60. The van der Waals surface area contributed by atoms with Crippen LogP contribution in [-0.2, 0) is 16.6 Å². The van der Waals surface area contributed by atoms with Crippen molar-refractivity contribution in [2.24, 2.45) is 0 Å². The molecule has 9 nitrogen and oxygen atoms in total. The molecule has 1 aromatic carbocycles. The molecule has 0 aliphatic heterocycles. The number of carbonyl (C=O) groups is 1. The highest BCUT2D eigenvalue weighted by Crippen LogP contribution is 2.10. The zero-order valence-electron chi connectivity index (χ0n) is 15.9. The first-order valence-electron chi connectivity index (χ1n) is 8.98. The van der Waals surface area contributed by atoms with Crippen molar-refractivity contribution in [2.45, 2.75) is 18.4 Å². The van der Waals surface area contributed by atoms with E-state index in [1.165, 1.54) is 0 Å². The molecule has 0 atom stereocenters. The molecule has 0 saturated carbocycles. The number of urea groups is 1. The molecular weight excluding hydrogens is 392 g/mol. The van der Waals surface area contributed by atoms with E-state index in [0.717, 1.165) is 11.1 Å². The Morgan fingerprint density at radius 1 is 1.03 bits per heavy atom. The van der Waals surface area contributed by atoms with Gasteiger partial charge in [-0.25, -0.2) is 27.6 Å². The molecule has 29 heavy (non-hydrogen) atoms. The van der Waals surface area contributed by atoms with Gasteiger partial charge in [-0.05, 0) is 31.2 Å². The molecule has 0 bridgehead atoms. The topological polar surface area (TPSA) is 118 Å². The van der Waals surface area contributed by atoms with Gasteiger partial charge in [-0.3, -0.25) is 0 Å². The van der Waals surface area contributed by atoms with E-state index in [0.29, 0.717) is 5.82 Å². The van der Waals surface area contributed by atoms with Gasteiger partial charge in [0.05, 0.1) is 4.90 Å². The third-order valence-electron chi connectivity index (χ3n) is 4.06. The molecule has 0 aliphatic rings. The summed E-state index contributed by atoms with van der Waals surface area (Å²) in [6.45, 7) is 2.37. The number of carbonyl (C=O) groups excluding carboxylic acids is 1. The van der Waals surface area contributed by atoms with Crippen LogP contribution < -0.4 is 15.4 Å². The minimum Gasteiger partial charge on any atom is -0.337 e. The zero-order valence-corrected chi connectivity index (χ0v) is 16.7. The number of hydrogen-bond acceptors (Lipinski definition) is 5. The van der Waals surface area contributed by atoms with Gasteiger partial charge in [0.15, 0.2) is 5.82 Å². The first-order valence-corrected chi connectivity index (χ1v) is 10.5. The summed E-state index contributed by atoms with van der Waals surface area (Å²) in [5.74, 6) is 0.628. The van der Waals surface area contributed by atoms with Gasteiger partial charge >= 0.3 is 6.03 Å². The van der Waals surface area contributed by atoms with E-state index in [-0.39, 0.29) is 24.5 Å². The van der Waals surface area contributed by atoms with Crippen molar-refractivity contribution in [3.63, 3.8) is 0 Å².